The molecule has 0 aliphatic carbocycles. The SMILES string of the molecule is Cc1ccc(C)c(-n2nnn(C)c2=O)c1CO. The van der Waals surface area contributed by atoms with Gasteiger partial charge in [-0.2, -0.15) is 9.36 Å². The first-order chi connectivity index (χ1) is 8.06. The molecule has 0 aliphatic heterocycles. The van der Waals surface area contributed by atoms with Crippen molar-refractivity contribution >= 4 is 0 Å². The van der Waals surface area contributed by atoms with E-state index in [4.69, 9.17) is 0 Å². The second-order valence-corrected chi connectivity index (χ2v) is 3.98. The molecule has 0 atom stereocenters. The van der Waals surface area contributed by atoms with Gasteiger partial charge in [-0.05, 0) is 35.4 Å². The minimum absolute atomic E-state index is 0.133. The molecular formula is C11H14N4O2. The summed E-state index contributed by atoms with van der Waals surface area (Å²) >= 11 is 0. The second kappa shape index (κ2) is 4.14. The van der Waals surface area contributed by atoms with E-state index in [0.29, 0.717) is 11.3 Å². The summed E-state index contributed by atoms with van der Waals surface area (Å²) in [7, 11) is 1.54. The van der Waals surface area contributed by atoms with Crippen LogP contribution in [-0.2, 0) is 13.7 Å². The van der Waals surface area contributed by atoms with Crippen LogP contribution in [-0.4, -0.2) is 24.9 Å². The minimum Gasteiger partial charge on any atom is -0.392 e. The van der Waals surface area contributed by atoms with Gasteiger partial charge in [-0.25, -0.2) is 4.79 Å². The van der Waals surface area contributed by atoms with Crippen LogP contribution in [0.4, 0.5) is 0 Å². The highest BCUT2D eigenvalue weighted by atomic mass is 16.3. The molecule has 1 N–H and O–H groups in total. The van der Waals surface area contributed by atoms with Crippen molar-refractivity contribution in [1.82, 2.24) is 19.8 Å². The van der Waals surface area contributed by atoms with Crippen molar-refractivity contribution in [3.05, 3.63) is 39.3 Å². The molecule has 17 heavy (non-hydrogen) atoms. The first-order valence-electron chi connectivity index (χ1n) is 5.25. The van der Waals surface area contributed by atoms with Gasteiger partial charge in [0.2, 0.25) is 0 Å². The molecule has 0 saturated heterocycles. The third-order valence-electron chi connectivity index (χ3n) is 2.81. The fraction of sp³-hybridized carbons (Fsp3) is 0.364. The van der Waals surface area contributed by atoms with Crippen LogP contribution in [0, 0.1) is 13.8 Å². The third-order valence-corrected chi connectivity index (χ3v) is 2.81. The average Bonchev–Trinajstić information content (AvgIpc) is 2.63. The van der Waals surface area contributed by atoms with E-state index < -0.39 is 0 Å². The molecule has 0 spiro atoms. The number of nitrogens with zero attached hydrogens (tertiary/aromatic N) is 4. The van der Waals surface area contributed by atoms with Crippen LogP contribution < -0.4 is 5.69 Å². The lowest BCUT2D eigenvalue weighted by Crippen LogP contribution is -2.23. The van der Waals surface area contributed by atoms with Crippen LogP contribution in [0.5, 0.6) is 0 Å². The third kappa shape index (κ3) is 1.76. The molecule has 1 heterocycles. The first-order valence-corrected chi connectivity index (χ1v) is 5.25. The van der Waals surface area contributed by atoms with Crippen LogP contribution in [0.25, 0.3) is 5.69 Å². The number of hydrogen-bond donors (Lipinski definition) is 1. The Hall–Kier alpha value is -1.95. The Morgan fingerprint density at radius 2 is 1.88 bits per heavy atom. The normalized spacial score (nSPS) is 10.8. The van der Waals surface area contributed by atoms with Crippen LogP contribution in [0.15, 0.2) is 16.9 Å². The highest BCUT2D eigenvalue weighted by Gasteiger charge is 2.14. The first kappa shape index (κ1) is 11.5. The summed E-state index contributed by atoms with van der Waals surface area (Å²) in [4.78, 5) is 11.8. The summed E-state index contributed by atoms with van der Waals surface area (Å²) in [6.07, 6.45) is 0. The number of aromatic nitrogens is 4. The molecule has 6 heteroatoms. The van der Waals surface area contributed by atoms with Crippen molar-refractivity contribution in [1.29, 1.82) is 0 Å². The van der Waals surface area contributed by atoms with Crippen LogP contribution in [0.1, 0.15) is 16.7 Å². The number of aliphatic hydroxyl groups excluding tert-OH is 1. The molecule has 1 aromatic carbocycles. The van der Waals surface area contributed by atoms with Crippen molar-refractivity contribution < 1.29 is 5.11 Å². The van der Waals surface area contributed by atoms with E-state index in [9.17, 15) is 9.90 Å². The summed E-state index contributed by atoms with van der Waals surface area (Å²) < 4.78 is 2.37. The summed E-state index contributed by atoms with van der Waals surface area (Å²) in [5, 5.41) is 16.9. The van der Waals surface area contributed by atoms with E-state index in [1.807, 2.05) is 26.0 Å². The van der Waals surface area contributed by atoms with E-state index in [0.717, 1.165) is 15.8 Å². The van der Waals surface area contributed by atoms with Gasteiger partial charge in [0.1, 0.15) is 0 Å². The summed E-state index contributed by atoms with van der Waals surface area (Å²) in [6.45, 7) is 3.62. The lowest BCUT2D eigenvalue weighted by atomic mass is 10.0. The maximum absolute atomic E-state index is 11.8. The predicted octanol–water partition coefficient (Wildman–Crippen LogP) is 0.0751. The topological polar surface area (TPSA) is 72.9 Å². The molecule has 2 aromatic rings. The standard InChI is InChI=1S/C11H14N4O2/c1-7-4-5-8(2)10(9(7)6-16)15-11(17)14(3)12-13-15/h4-5,16H,6H2,1-3H3. The Kier molecular flexibility index (Phi) is 2.81. The van der Waals surface area contributed by atoms with Gasteiger partial charge in [-0.3, -0.25) is 0 Å². The largest absolute Gasteiger partial charge is 0.392 e. The maximum Gasteiger partial charge on any atom is 0.368 e. The van der Waals surface area contributed by atoms with Gasteiger partial charge in [-0.15, -0.1) is 0 Å². The number of tetrazole rings is 1. The molecule has 0 saturated carbocycles. The fourth-order valence-electron chi connectivity index (χ4n) is 1.80. The van der Waals surface area contributed by atoms with E-state index in [-0.39, 0.29) is 12.3 Å². The average molecular weight is 234 g/mol. The number of aryl methyl sites for hydroxylation is 3. The Morgan fingerprint density at radius 1 is 1.24 bits per heavy atom. The lowest BCUT2D eigenvalue weighted by Gasteiger charge is -2.11. The smallest absolute Gasteiger partial charge is 0.368 e. The van der Waals surface area contributed by atoms with Crippen molar-refractivity contribution in [2.24, 2.45) is 7.05 Å². The Labute approximate surface area is 98.1 Å². The number of rotatable bonds is 2. The van der Waals surface area contributed by atoms with Gasteiger partial charge in [-0.1, -0.05) is 12.1 Å². The summed E-state index contributed by atoms with van der Waals surface area (Å²) in [6, 6.07) is 3.80. The van der Waals surface area contributed by atoms with Gasteiger partial charge in [0.25, 0.3) is 0 Å². The minimum atomic E-state index is -0.326. The fourth-order valence-corrected chi connectivity index (χ4v) is 1.80. The highest BCUT2D eigenvalue weighted by molar-refractivity contribution is 5.50. The molecule has 0 bridgehead atoms. The van der Waals surface area contributed by atoms with Gasteiger partial charge in [0, 0.05) is 12.6 Å². The molecule has 0 radical (unpaired) electrons. The molecule has 2 rings (SSSR count). The van der Waals surface area contributed by atoms with Crippen LogP contribution in [0.2, 0.25) is 0 Å². The zero-order chi connectivity index (χ0) is 12.6. The molecule has 0 amide bonds. The van der Waals surface area contributed by atoms with Gasteiger partial charge in [0.15, 0.2) is 0 Å². The second-order valence-electron chi connectivity index (χ2n) is 3.98. The molecule has 0 aliphatic rings. The Bertz CT molecular complexity index is 612. The molecule has 1 aromatic heterocycles. The van der Waals surface area contributed by atoms with Crippen molar-refractivity contribution in [2.75, 3.05) is 0 Å². The van der Waals surface area contributed by atoms with Crippen LogP contribution in [0.3, 0.4) is 0 Å². The van der Waals surface area contributed by atoms with E-state index in [2.05, 4.69) is 10.4 Å². The summed E-state index contributed by atoms with van der Waals surface area (Å²) in [5.74, 6) is 0. The predicted molar refractivity (Wildman–Crippen MR) is 62.0 cm³/mol. The molecule has 0 unspecified atom stereocenters. The lowest BCUT2D eigenvalue weighted by molar-refractivity contribution is 0.280. The Morgan fingerprint density at radius 3 is 2.41 bits per heavy atom. The zero-order valence-electron chi connectivity index (χ0n) is 10.0. The van der Waals surface area contributed by atoms with Crippen LogP contribution >= 0.6 is 0 Å². The van der Waals surface area contributed by atoms with Crippen molar-refractivity contribution in [2.45, 2.75) is 20.5 Å². The Balaban J connectivity index is 2.79. The zero-order valence-corrected chi connectivity index (χ0v) is 10.0. The van der Waals surface area contributed by atoms with Gasteiger partial charge < -0.3 is 5.11 Å². The molecule has 0 fully saturated rings. The van der Waals surface area contributed by atoms with Gasteiger partial charge >= 0.3 is 5.69 Å². The highest BCUT2D eigenvalue weighted by Crippen LogP contribution is 2.20. The van der Waals surface area contributed by atoms with Crippen molar-refractivity contribution in [3.63, 3.8) is 0 Å². The number of hydrogen-bond acceptors (Lipinski definition) is 4. The number of aliphatic hydroxyl groups is 1. The van der Waals surface area contributed by atoms with Gasteiger partial charge in [0.05, 0.1) is 12.3 Å². The number of benzene rings is 1. The van der Waals surface area contributed by atoms with E-state index in [1.165, 1.54) is 11.7 Å². The molecule has 6 nitrogen and oxygen atoms in total. The quantitative estimate of drug-likeness (QED) is 0.798. The van der Waals surface area contributed by atoms with E-state index in [1.54, 1.807) is 0 Å². The molecular weight excluding hydrogens is 220 g/mol. The monoisotopic (exact) mass is 234 g/mol. The maximum atomic E-state index is 11.8. The molecule has 90 valence electrons. The van der Waals surface area contributed by atoms with E-state index >= 15 is 0 Å². The summed E-state index contributed by atoms with van der Waals surface area (Å²) in [5.41, 5.74) is 2.79. The van der Waals surface area contributed by atoms with Crippen molar-refractivity contribution in [3.8, 4) is 5.69 Å².